The van der Waals surface area contributed by atoms with E-state index < -0.39 is 5.60 Å². The molecule has 0 saturated carbocycles. The fourth-order valence-corrected chi connectivity index (χ4v) is 4.00. The molecule has 9 nitrogen and oxygen atoms in total. The van der Waals surface area contributed by atoms with Crippen LogP contribution in [-0.2, 0) is 11.8 Å². The van der Waals surface area contributed by atoms with Crippen molar-refractivity contribution in [2.45, 2.75) is 38.9 Å². The summed E-state index contributed by atoms with van der Waals surface area (Å²) in [6.07, 6.45) is 1.86. The van der Waals surface area contributed by atoms with Crippen LogP contribution in [0.2, 0.25) is 5.02 Å². The smallest absolute Gasteiger partial charge is 0.410 e. The van der Waals surface area contributed by atoms with Crippen molar-refractivity contribution in [2.75, 3.05) is 23.7 Å². The molecular weight excluding hydrogens is 482 g/mol. The van der Waals surface area contributed by atoms with Crippen LogP contribution in [0.3, 0.4) is 0 Å². The highest BCUT2D eigenvalue weighted by molar-refractivity contribution is 6.30. The Labute approximate surface area is 215 Å². The molecule has 0 spiro atoms. The monoisotopic (exact) mass is 511 g/mol. The molecule has 3 aromatic rings. The molecule has 4 rings (SSSR count). The zero-order chi connectivity index (χ0) is 25.9. The first-order chi connectivity index (χ1) is 17.1. The summed E-state index contributed by atoms with van der Waals surface area (Å²) in [5, 5.41) is 10.5. The highest BCUT2D eigenvalue weighted by atomic mass is 35.5. The van der Waals surface area contributed by atoms with Gasteiger partial charge in [-0.1, -0.05) is 11.6 Å². The van der Waals surface area contributed by atoms with Gasteiger partial charge >= 0.3 is 12.1 Å². The van der Waals surface area contributed by atoms with Gasteiger partial charge in [-0.15, -0.1) is 0 Å². The molecule has 1 aliphatic rings. The van der Waals surface area contributed by atoms with Crippen molar-refractivity contribution in [3.05, 3.63) is 59.8 Å². The first-order valence-electron chi connectivity index (χ1n) is 11.7. The summed E-state index contributed by atoms with van der Waals surface area (Å²) < 4.78 is 13.6. The van der Waals surface area contributed by atoms with E-state index in [1.165, 1.54) is 0 Å². The fraction of sp³-hybridized carbons (Fsp3) is 0.346. The lowest BCUT2D eigenvalue weighted by Gasteiger charge is -2.24. The maximum Gasteiger partial charge on any atom is 0.410 e. The number of hydrogen-bond acceptors (Lipinski definition) is 5. The van der Waals surface area contributed by atoms with Crippen molar-refractivity contribution in [3.63, 3.8) is 0 Å². The Hall–Kier alpha value is -3.72. The van der Waals surface area contributed by atoms with Gasteiger partial charge in [-0.25, -0.2) is 9.59 Å². The Morgan fingerprint density at radius 1 is 1.06 bits per heavy atom. The van der Waals surface area contributed by atoms with Gasteiger partial charge in [0.15, 0.2) is 0 Å². The Balaban J connectivity index is 1.48. The summed E-state index contributed by atoms with van der Waals surface area (Å²) in [5.74, 6) is 0.637. The summed E-state index contributed by atoms with van der Waals surface area (Å²) in [5.41, 5.74) is 2.26. The topological polar surface area (TPSA) is 97.7 Å². The number of benzene rings is 2. The van der Waals surface area contributed by atoms with Crippen LogP contribution < -0.4 is 15.4 Å². The van der Waals surface area contributed by atoms with Crippen molar-refractivity contribution in [3.8, 4) is 17.0 Å². The maximum absolute atomic E-state index is 12.5. The molecule has 0 aliphatic carbocycles. The molecule has 190 valence electrons. The maximum atomic E-state index is 12.5. The van der Waals surface area contributed by atoms with Crippen LogP contribution in [0.1, 0.15) is 27.2 Å². The van der Waals surface area contributed by atoms with Crippen LogP contribution in [-0.4, -0.2) is 51.6 Å². The van der Waals surface area contributed by atoms with E-state index in [2.05, 4.69) is 15.7 Å². The molecule has 0 radical (unpaired) electrons. The van der Waals surface area contributed by atoms with Gasteiger partial charge in [-0.2, -0.15) is 5.10 Å². The lowest BCUT2D eigenvalue weighted by molar-refractivity contribution is 0.0276. The molecular formula is C26H30ClN5O4. The second-order valence-electron chi connectivity index (χ2n) is 9.59. The van der Waals surface area contributed by atoms with Crippen molar-refractivity contribution in [1.82, 2.24) is 14.7 Å². The minimum absolute atomic E-state index is 0.184. The van der Waals surface area contributed by atoms with Gasteiger partial charge < -0.3 is 25.0 Å². The van der Waals surface area contributed by atoms with E-state index in [9.17, 15) is 9.59 Å². The largest absolute Gasteiger partial charge is 0.488 e. The number of nitrogens with one attached hydrogen (secondary N) is 2. The Morgan fingerprint density at radius 3 is 2.42 bits per heavy atom. The number of likely N-dealkylation sites (tertiary alicyclic amines) is 1. The second-order valence-corrected chi connectivity index (χ2v) is 10.0. The van der Waals surface area contributed by atoms with Crippen LogP contribution in [0.4, 0.5) is 21.0 Å². The number of amides is 3. The zero-order valence-corrected chi connectivity index (χ0v) is 21.5. The van der Waals surface area contributed by atoms with Gasteiger partial charge in [0.1, 0.15) is 17.5 Å². The highest BCUT2D eigenvalue weighted by Gasteiger charge is 2.31. The lowest BCUT2D eigenvalue weighted by Crippen LogP contribution is -2.36. The summed E-state index contributed by atoms with van der Waals surface area (Å²) in [4.78, 5) is 26.6. The Kier molecular flexibility index (Phi) is 7.40. The number of carbonyl (C=O) groups excluding carboxylic acids is 2. The number of halogens is 1. The van der Waals surface area contributed by atoms with E-state index in [1.54, 1.807) is 46.1 Å². The predicted molar refractivity (Wildman–Crippen MR) is 140 cm³/mol. The number of nitrogens with zero attached hydrogens (tertiary/aromatic N) is 3. The van der Waals surface area contributed by atoms with E-state index in [0.29, 0.717) is 41.7 Å². The molecule has 2 aromatic carbocycles. The predicted octanol–water partition coefficient (Wildman–Crippen LogP) is 5.77. The van der Waals surface area contributed by atoms with Gasteiger partial charge in [0.25, 0.3) is 0 Å². The van der Waals surface area contributed by atoms with Crippen molar-refractivity contribution in [1.29, 1.82) is 0 Å². The zero-order valence-electron chi connectivity index (χ0n) is 20.7. The molecule has 3 amide bonds. The molecule has 2 heterocycles. The molecule has 0 bridgehead atoms. The third-order valence-electron chi connectivity index (χ3n) is 5.53. The first-order valence-corrected chi connectivity index (χ1v) is 12.1. The molecule has 10 heteroatoms. The van der Waals surface area contributed by atoms with Crippen molar-refractivity contribution in [2.24, 2.45) is 7.05 Å². The van der Waals surface area contributed by atoms with E-state index in [4.69, 9.17) is 21.1 Å². The standard InChI is InChI=1S/C26H30ClN5O4/c1-26(2,3)36-25(34)32-14-12-20(16-32)35-23-10-9-19(15-21(23)22-11-13-28-31(22)4)30-24(33)29-18-7-5-17(27)6-8-18/h5-11,13,15,20H,12,14,16H2,1-4H3,(H2,29,30,33)/t20-/m1/s1. The quantitative estimate of drug-likeness (QED) is 0.453. The average Bonchev–Trinajstić information content (AvgIpc) is 3.44. The van der Waals surface area contributed by atoms with E-state index >= 15 is 0 Å². The van der Waals surface area contributed by atoms with Crippen LogP contribution in [0.25, 0.3) is 11.3 Å². The average molecular weight is 512 g/mol. The number of ether oxygens (including phenoxy) is 2. The molecule has 36 heavy (non-hydrogen) atoms. The molecule has 0 unspecified atom stereocenters. The van der Waals surface area contributed by atoms with Crippen molar-refractivity contribution >= 4 is 35.1 Å². The number of aryl methyl sites for hydroxylation is 1. The molecule has 1 aliphatic heterocycles. The van der Waals surface area contributed by atoms with Crippen LogP contribution >= 0.6 is 11.6 Å². The number of rotatable bonds is 5. The summed E-state index contributed by atoms with van der Waals surface area (Å²) in [6.45, 7) is 6.54. The molecule has 1 saturated heterocycles. The van der Waals surface area contributed by atoms with E-state index in [-0.39, 0.29) is 18.2 Å². The molecule has 1 fully saturated rings. The van der Waals surface area contributed by atoms with E-state index in [0.717, 1.165) is 11.3 Å². The van der Waals surface area contributed by atoms with Gasteiger partial charge in [0.05, 0.1) is 12.2 Å². The van der Waals surface area contributed by atoms with Gasteiger partial charge in [-0.05, 0) is 69.3 Å². The number of anilines is 2. The Bertz CT molecular complexity index is 1240. The van der Waals surface area contributed by atoms with Gasteiger partial charge in [0, 0.05) is 48.2 Å². The summed E-state index contributed by atoms with van der Waals surface area (Å²) in [7, 11) is 1.84. The minimum atomic E-state index is -0.550. The number of carbonyl (C=O) groups is 2. The van der Waals surface area contributed by atoms with E-state index in [1.807, 2.05) is 46.0 Å². The molecule has 2 N–H and O–H groups in total. The number of hydrogen-bond donors (Lipinski definition) is 2. The lowest BCUT2D eigenvalue weighted by atomic mass is 10.1. The summed E-state index contributed by atoms with van der Waals surface area (Å²) in [6, 6.07) is 13.8. The van der Waals surface area contributed by atoms with Crippen molar-refractivity contribution < 1.29 is 19.1 Å². The number of urea groups is 1. The van der Waals surface area contributed by atoms with Crippen LogP contribution in [0.5, 0.6) is 5.75 Å². The normalized spacial score (nSPS) is 15.5. The summed E-state index contributed by atoms with van der Waals surface area (Å²) >= 11 is 5.91. The second kappa shape index (κ2) is 10.5. The van der Waals surface area contributed by atoms with Gasteiger partial charge in [0.2, 0.25) is 0 Å². The van der Waals surface area contributed by atoms with Crippen LogP contribution in [0.15, 0.2) is 54.7 Å². The molecule has 1 atom stereocenters. The third-order valence-corrected chi connectivity index (χ3v) is 5.78. The third kappa shape index (κ3) is 6.48. The number of aromatic nitrogens is 2. The SMILES string of the molecule is Cn1nccc1-c1cc(NC(=O)Nc2ccc(Cl)cc2)ccc1O[C@@H]1CCN(C(=O)OC(C)(C)C)C1. The van der Waals surface area contributed by atoms with Gasteiger partial charge in [-0.3, -0.25) is 4.68 Å². The Morgan fingerprint density at radius 2 is 1.75 bits per heavy atom. The van der Waals surface area contributed by atoms with Crippen LogP contribution in [0, 0.1) is 0 Å². The molecule has 1 aromatic heterocycles. The highest BCUT2D eigenvalue weighted by Crippen LogP contribution is 2.34. The minimum Gasteiger partial charge on any atom is -0.488 e. The fourth-order valence-electron chi connectivity index (χ4n) is 3.87. The first kappa shape index (κ1) is 25.4.